The molecule has 0 bridgehead atoms. The topological polar surface area (TPSA) is 63.3 Å². The van der Waals surface area contributed by atoms with Crippen molar-refractivity contribution in [2.45, 2.75) is 29.0 Å². The number of rotatable bonds is 4. The fraction of sp³-hybridized carbons (Fsp3) is 0.364. The molecule has 4 heteroatoms. The van der Waals surface area contributed by atoms with Crippen LogP contribution in [0.4, 0.5) is 0 Å². The summed E-state index contributed by atoms with van der Waals surface area (Å²) < 4.78 is 0. The first-order valence-corrected chi connectivity index (χ1v) is 5.80. The molecule has 3 N–H and O–H groups in total. The van der Waals surface area contributed by atoms with Gasteiger partial charge in [-0.15, -0.1) is 11.8 Å². The molecule has 0 spiro atoms. The highest BCUT2D eigenvalue weighted by atomic mass is 32.2. The number of hydrogen-bond donors (Lipinski definition) is 2. The highest BCUT2D eigenvalue weighted by Gasteiger charge is 2.25. The molecule has 1 aromatic carbocycles. The number of benzene rings is 1. The molecule has 0 aliphatic heterocycles. The standard InChI is InChI=1S/C11H13NO2S/c12-10(11(13)14)8-3-1-2-4-9(8)15-7-5-6-7/h1-4,7,10H,5-6,12H2,(H,13,14). The minimum absolute atomic E-state index is 0.659. The second-order valence-electron chi connectivity index (χ2n) is 3.67. The Hall–Kier alpha value is -1.00. The Labute approximate surface area is 92.7 Å². The van der Waals surface area contributed by atoms with Crippen LogP contribution in [-0.4, -0.2) is 16.3 Å². The van der Waals surface area contributed by atoms with Gasteiger partial charge in [0.25, 0.3) is 0 Å². The van der Waals surface area contributed by atoms with Gasteiger partial charge in [0.15, 0.2) is 0 Å². The largest absolute Gasteiger partial charge is 0.480 e. The Morgan fingerprint density at radius 1 is 1.47 bits per heavy atom. The first kappa shape index (κ1) is 10.5. The molecule has 0 heterocycles. The van der Waals surface area contributed by atoms with E-state index in [1.165, 1.54) is 12.8 Å². The number of nitrogens with two attached hydrogens (primary N) is 1. The molecule has 0 amide bonds. The van der Waals surface area contributed by atoms with Crippen LogP contribution in [0.15, 0.2) is 29.2 Å². The Kier molecular flexibility index (Phi) is 2.98. The van der Waals surface area contributed by atoms with Crippen LogP contribution in [-0.2, 0) is 4.79 Å². The van der Waals surface area contributed by atoms with E-state index in [4.69, 9.17) is 10.8 Å². The fourth-order valence-electron chi connectivity index (χ4n) is 1.34. The fourth-order valence-corrected chi connectivity index (χ4v) is 2.56. The number of aliphatic carboxylic acids is 1. The molecule has 1 aliphatic rings. The minimum atomic E-state index is -0.973. The molecule has 1 aliphatic carbocycles. The maximum Gasteiger partial charge on any atom is 0.325 e. The van der Waals surface area contributed by atoms with Crippen molar-refractivity contribution in [3.05, 3.63) is 29.8 Å². The predicted octanol–water partition coefficient (Wildman–Crippen LogP) is 2.03. The summed E-state index contributed by atoms with van der Waals surface area (Å²) in [6, 6.07) is 6.58. The zero-order valence-corrected chi connectivity index (χ0v) is 9.04. The Balaban J connectivity index is 2.23. The molecule has 1 atom stereocenters. The van der Waals surface area contributed by atoms with Gasteiger partial charge in [-0.3, -0.25) is 4.79 Å². The van der Waals surface area contributed by atoms with E-state index >= 15 is 0 Å². The van der Waals surface area contributed by atoms with Crippen LogP contribution in [0.25, 0.3) is 0 Å². The molecule has 0 saturated heterocycles. The average molecular weight is 223 g/mol. The van der Waals surface area contributed by atoms with E-state index in [1.807, 2.05) is 18.2 Å². The van der Waals surface area contributed by atoms with Crippen LogP contribution < -0.4 is 5.73 Å². The van der Waals surface area contributed by atoms with Gasteiger partial charge in [0, 0.05) is 10.1 Å². The molecule has 80 valence electrons. The summed E-state index contributed by atoms with van der Waals surface area (Å²) in [5.41, 5.74) is 6.35. The first-order chi connectivity index (χ1) is 7.18. The van der Waals surface area contributed by atoms with Crippen molar-refractivity contribution in [3.63, 3.8) is 0 Å². The van der Waals surface area contributed by atoms with Gasteiger partial charge in [0.2, 0.25) is 0 Å². The normalized spacial score (nSPS) is 17.4. The smallest absolute Gasteiger partial charge is 0.325 e. The molecule has 15 heavy (non-hydrogen) atoms. The van der Waals surface area contributed by atoms with Gasteiger partial charge in [-0.1, -0.05) is 18.2 Å². The SMILES string of the molecule is NC(C(=O)O)c1ccccc1SC1CC1. The third kappa shape index (κ3) is 2.52. The second-order valence-corrected chi connectivity index (χ2v) is 5.01. The summed E-state index contributed by atoms with van der Waals surface area (Å²) in [5.74, 6) is -0.973. The molecule has 2 rings (SSSR count). The second kappa shape index (κ2) is 4.24. The van der Waals surface area contributed by atoms with E-state index < -0.39 is 12.0 Å². The van der Waals surface area contributed by atoms with Crippen molar-refractivity contribution in [2.75, 3.05) is 0 Å². The van der Waals surface area contributed by atoms with E-state index in [1.54, 1.807) is 17.8 Å². The maximum atomic E-state index is 10.8. The van der Waals surface area contributed by atoms with Crippen LogP contribution in [0.5, 0.6) is 0 Å². The summed E-state index contributed by atoms with van der Waals surface area (Å²) in [6.07, 6.45) is 2.45. The Bertz CT molecular complexity index is 377. The lowest BCUT2D eigenvalue weighted by Gasteiger charge is -2.11. The maximum absolute atomic E-state index is 10.8. The van der Waals surface area contributed by atoms with Gasteiger partial charge in [0.05, 0.1) is 0 Å². The predicted molar refractivity (Wildman–Crippen MR) is 59.9 cm³/mol. The highest BCUT2D eigenvalue weighted by Crippen LogP contribution is 2.41. The number of carboxylic acid groups (broad SMARTS) is 1. The van der Waals surface area contributed by atoms with E-state index in [0.29, 0.717) is 5.25 Å². The summed E-state index contributed by atoms with van der Waals surface area (Å²) in [6.45, 7) is 0. The molecule has 1 saturated carbocycles. The van der Waals surface area contributed by atoms with Crippen LogP contribution >= 0.6 is 11.8 Å². The molecule has 1 aromatic rings. The third-order valence-electron chi connectivity index (χ3n) is 2.34. The molecular weight excluding hydrogens is 210 g/mol. The first-order valence-electron chi connectivity index (χ1n) is 4.92. The van der Waals surface area contributed by atoms with Crippen LogP contribution in [0, 0.1) is 0 Å². The number of thioether (sulfide) groups is 1. The summed E-state index contributed by atoms with van der Waals surface area (Å²) in [7, 11) is 0. The molecule has 0 aromatic heterocycles. The Morgan fingerprint density at radius 2 is 2.13 bits per heavy atom. The van der Waals surface area contributed by atoms with E-state index in [2.05, 4.69) is 0 Å². The van der Waals surface area contributed by atoms with Crippen molar-refractivity contribution in [3.8, 4) is 0 Å². The van der Waals surface area contributed by atoms with E-state index in [9.17, 15) is 4.79 Å². The summed E-state index contributed by atoms with van der Waals surface area (Å²) in [5, 5.41) is 9.53. The van der Waals surface area contributed by atoms with Gasteiger partial charge in [-0.2, -0.15) is 0 Å². The monoisotopic (exact) mass is 223 g/mol. The molecule has 3 nitrogen and oxygen atoms in total. The van der Waals surface area contributed by atoms with Crippen molar-refractivity contribution >= 4 is 17.7 Å². The molecule has 1 unspecified atom stereocenters. The lowest BCUT2D eigenvalue weighted by molar-refractivity contribution is -0.138. The van der Waals surface area contributed by atoms with Gasteiger partial charge >= 0.3 is 5.97 Å². The van der Waals surface area contributed by atoms with Crippen molar-refractivity contribution in [1.29, 1.82) is 0 Å². The molecule has 1 fully saturated rings. The lowest BCUT2D eigenvalue weighted by Crippen LogP contribution is -2.21. The van der Waals surface area contributed by atoms with Gasteiger partial charge in [-0.25, -0.2) is 0 Å². The van der Waals surface area contributed by atoms with E-state index in [-0.39, 0.29) is 0 Å². The third-order valence-corrected chi connectivity index (χ3v) is 3.77. The van der Waals surface area contributed by atoms with Crippen LogP contribution in [0.3, 0.4) is 0 Å². The number of carbonyl (C=O) groups is 1. The van der Waals surface area contributed by atoms with Gasteiger partial charge < -0.3 is 10.8 Å². The highest BCUT2D eigenvalue weighted by molar-refractivity contribution is 8.00. The number of carboxylic acids is 1. The minimum Gasteiger partial charge on any atom is -0.480 e. The average Bonchev–Trinajstić information content (AvgIpc) is 3.01. The molecule has 0 radical (unpaired) electrons. The summed E-state index contributed by atoms with van der Waals surface area (Å²) in [4.78, 5) is 11.8. The summed E-state index contributed by atoms with van der Waals surface area (Å²) >= 11 is 1.74. The zero-order chi connectivity index (χ0) is 10.8. The van der Waals surface area contributed by atoms with Gasteiger partial charge in [0.1, 0.15) is 6.04 Å². The lowest BCUT2D eigenvalue weighted by atomic mass is 10.1. The van der Waals surface area contributed by atoms with Gasteiger partial charge in [-0.05, 0) is 24.5 Å². The zero-order valence-electron chi connectivity index (χ0n) is 8.22. The molecular formula is C11H13NO2S. The van der Waals surface area contributed by atoms with Crippen LogP contribution in [0.2, 0.25) is 0 Å². The van der Waals surface area contributed by atoms with Crippen LogP contribution in [0.1, 0.15) is 24.4 Å². The van der Waals surface area contributed by atoms with Crippen molar-refractivity contribution in [2.24, 2.45) is 5.73 Å². The van der Waals surface area contributed by atoms with Crippen molar-refractivity contribution in [1.82, 2.24) is 0 Å². The quantitative estimate of drug-likeness (QED) is 0.819. The number of hydrogen-bond acceptors (Lipinski definition) is 3. The van der Waals surface area contributed by atoms with Crippen molar-refractivity contribution < 1.29 is 9.90 Å². The Morgan fingerprint density at radius 3 is 2.73 bits per heavy atom. The van der Waals surface area contributed by atoms with E-state index in [0.717, 1.165) is 10.5 Å².